The molecule has 0 unspecified atom stereocenters. The highest BCUT2D eigenvalue weighted by Crippen LogP contribution is 2.44. The average molecular weight is 182 g/mol. The molecule has 6 heteroatoms. The number of nitrogens with zero attached hydrogens (tertiary/aromatic N) is 3. The fourth-order valence-electron chi connectivity index (χ4n) is 1.37. The Kier molecular flexibility index (Phi) is 1.51. The van der Waals surface area contributed by atoms with Gasteiger partial charge < -0.3 is 5.73 Å². The van der Waals surface area contributed by atoms with Crippen LogP contribution in [0.3, 0.4) is 0 Å². The van der Waals surface area contributed by atoms with Gasteiger partial charge in [0, 0.05) is 13.0 Å². The molecule has 0 saturated heterocycles. The van der Waals surface area contributed by atoms with Crippen LogP contribution < -0.4 is 5.73 Å². The fourth-order valence-corrected chi connectivity index (χ4v) is 1.37. The molecule has 1 heterocycles. The minimum Gasteiger partial charge on any atom is -0.378 e. The molecular weight excluding hydrogens is 172 g/mol. The normalized spacial score (nSPS) is 16.1. The molecule has 6 nitrogen and oxygen atoms in total. The van der Waals surface area contributed by atoms with Crippen LogP contribution in [0.1, 0.15) is 24.5 Å². The predicted molar refractivity (Wildman–Crippen MR) is 46.2 cm³/mol. The van der Waals surface area contributed by atoms with E-state index in [1.165, 1.54) is 4.68 Å². The zero-order valence-corrected chi connectivity index (χ0v) is 7.23. The lowest BCUT2D eigenvalue weighted by Crippen LogP contribution is -1.99. The molecule has 0 amide bonds. The Morgan fingerprint density at radius 3 is 2.77 bits per heavy atom. The molecule has 1 aliphatic carbocycles. The summed E-state index contributed by atoms with van der Waals surface area (Å²) in [6.45, 7) is 0. The molecule has 2 rings (SSSR count). The first-order chi connectivity index (χ1) is 6.11. The van der Waals surface area contributed by atoms with E-state index in [0.29, 0.717) is 5.69 Å². The number of nitrogen functional groups attached to an aromatic ring is 1. The number of nitro groups is 1. The first kappa shape index (κ1) is 8.03. The minimum atomic E-state index is -0.448. The first-order valence-corrected chi connectivity index (χ1v) is 4.08. The highest BCUT2D eigenvalue weighted by Gasteiger charge is 2.36. The second-order valence-electron chi connectivity index (χ2n) is 3.27. The summed E-state index contributed by atoms with van der Waals surface area (Å²) >= 11 is 0. The van der Waals surface area contributed by atoms with E-state index in [1.807, 2.05) is 0 Å². The van der Waals surface area contributed by atoms with Crippen molar-refractivity contribution in [3.63, 3.8) is 0 Å². The summed E-state index contributed by atoms with van der Waals surface area (Å²) in [5, 5.41) is 14.7. The molecule has 0 bridgehead atoms. The molecule has 0 aromatic carbocycles. The minimum absolute atomic E-state index is 0.00926. The van der Waals surface area contributed by atoms with Gasteiger partial charge in [-0.2, -0.15) is 5.10 Å². The van der Waals surface area contributed by atoms with Gasteiger partial charge in [0.1, 0.15) is 5.69 Å². The smallest absolute Gasteiger partial charge is 0.334 e. The van der Waals surface area contributed by atoms with Gasteiger partial charge in [0.2, 0.25) is 5.82 Å². The Bertz CT molecular complexity index is 367. The second kappa shape index (κ2) is 2.45. The Morgan fingerprint density at radius 2 is 2.31 bits per heavy atom. The van der Waals surface area contributed by atoms with Crippen LogP contribution in [0.5, 0.6) is 0 Å². The number of nitrogens with two attached hydrogens (primary N) is 1. The molecule has 0 aliphatic heterocycles. The number of hydrogen-bond donors (Lipinski definition) is 1. The van der Waals surface area contributed by atoms with Crippen molar-refractivity contribution in [3.8, 4) is 0 Å². The maximum Gasteiger partial charge on any atom is 0.334 e. The monoisotopic (exact) mass is 182 g/mol. The molecule has 1 aromatic heterocycles. The Morgan fingerprint density at radius 1 is 1.69 bits per heavy atom. The van der Waals surface area contributed by atoms with Crippen molar-refractivity contribution in [2.75, 3.05) is 5.73 Å². The SMILES string of the molecule is Cn1nc(C2CC2)c([N+](=O)[O-])c1N. The van der Waals surface area contributed by atoms with E-state index in [0.717, 1.165) is 12.8 Å². The third-order valence-electron chi connectivity index (χ3n) is 2.24. The van der Waals surface area contributed by atoms with Gasteiger partial charge in [-0.25, -0.2) is 4.68 Å². The molecule has 1 saturated carbocycles. The maximum atomic E-state index is 10.7. The third-order valence-corrected chi connectivity index (χ3v) is 2.24. The van der Waals surface area contributed by atoms with Gasteiger partial charge in [-0.1, -0.05) is 0 Å². The van der Waals surface area contributed by atoms with Crippen molar-refractivity contribution in [1.82, 2.24) is 9.78 Å². The zero-order valence-electron chi connectivity index (χ0n) is 7.23. The number of hydrogen-bond acceptors (Lipinski definition) is 4. The van der Waals surface area contributed by atoms with Gasteiger partial charge in [0.25, 0.3) is 0 Å². The molecule has 0 spiro atoms. The van der Waals surface area contributed by atoms with Gasteiger partial charge in [-0.15, -0.1) is 0 Å². The fraction of sp³-hybridized carbons (Fsp3) is 0.571. The molecule has 70 valence electrons. The zero-order chi connectivity index (χ0) is 9.59. The lowest BCUT2D eigenvalue weighted by molar-refractivity contribution is -0.384. The van der Waals surface area contributed by atoms with E-state index in [-0.39, 0.29) is 17.4 Å². The van der Waals surface area contributed by atoms with Crippen LogP contribution in [-0.2, 0) is 7.05 Å². The molecule has 1 aromatic rings. The Hall–Kier alpha value is -1.59. The highest BCUT2D eigenvalue weighted by molar-refractivity contribution is 5.58. The Balaban J connectivity index is 2.54. The van der Waals surface area contributed by atoms with Crippen molar-refractivity contribution in [1.29, 1.82) is 0 Å². The highest BCUT2D eigenvalue weighted by atomic mass is 16.6. The van der Waals surface area contributed by atoms with Gasteiger partial charge in [0.15, 0.2) is 0 Å². The molecule has 0 radical (unpaired) electrons. The summed E-state index contributed by atoms with van der Waals surface area (Å²) in [7, 11) is 1.62. The number of aryl methyl sites for hydroxylation is 1. The predicted octanol–water partition coefficient (Wildman–Crippen LogP) is 0.788. The standard InChI is InChI=1S/C7H10N4O2/c1-10-7(8)6(11(12)13)5(9-10)4-2-3-4/h4H,2-3,8H2,1H3. The number of rotatable bonds is 2. The van der Waals surface area contributed by atoms with Crippen LogP contribution in [0, 0.1) is 10.1 Å². The van der Waals surface area contributed by atoms with E-state index < -0.39 is 4.92 Å². The molecule has 0 atom stereocenters. The van der Waals surface area contributed by atoms with Crippen molar-refractivity contribution in [2.45, 2.75) is 18.8 Å². The van der Waals surface area contributed by atoms with E-state index in [4.69, 9.17) is 5.73 Å². The van der Waals surface area contributed by atoms with Crippen molar-refractivity contribution < 1.29 is 4.92 Å². The van der Waals surface area contributed by atoms with Gasteiger partial charge in [-0.05, 0) is 12.8 Å². The number of anilines is 1. The molecule has 1 fully saturated rings. The third kappa shape index (κ3) is 1.14. The van der Waals surface area contributed by atoms with Crippen molar-refractivity contribution >= 4 is 11.5 Å². The van der Waals surface area contributed by atoms with E-state index in [1.54, 1.807) is 7.05 Å². The Labute approximate surface area is 74.5 Å². The lowest BCUT2D eigenvalue weighted by atomic mass is 10.2. The molecule has 13 heavy (non-hydrogen) atoms. The van der Waals surface area contributed by atoms with Crippen molar-refractivity contribution in [2.24, 2.45) is 7.05 Å². The van der Waals surface area contributed by atoms with Crippen LogP contribution in [0.2, 0.25) is 0 Å². The first-order valence-electron chi connectivity index (χ1n) is 4.08. The van der Waals surface area contributed by atoms with Gasteiger partial charge in [0.05, 0.1) is 4.92 Å². The van der Waals surface area contributed by atoms with E-state index in [2.05, 4.69) is 5.10 Å². The van der Waals surface area contributed by atoms with Crippen LogP contribution in [0.4, 0.5) is 11.5 Å². The molecule has 2 N–H and O–H groups in total. The second-order valence-corrected chi connectivity index (χ2v) is 3.27. The van der Waals surface area contributed by atoms with Crippen LogP contribution in [0.15, 0.2) is 0 Å². The molecular formula is C7H10N4O2. The lowest BCUT2D eigenvalue weighted by Gasteiger charge is -1.91. The van der Waals surface area contributed by atoms with Crippen molar-refractivity contribution in [3.05, 3.63) is 15.8 Å². The van der Waals surface area contributed by atoms with E-state index >= 15 is 0 Å². The molecule has 1 aliphatic rings. The van der Waals surface area contributed by atoms with Gasteiger partial charge >= 0.3 is 5.69 Å². The maximum absolute atomic E-state index is 10.7. The summed E-state index contributed by atoms with van der Waals surface area (Å²) in [5.41, 5.74) is 6.07. The largest absolute Gasteiger partial charge is 0.378 e. The summed E-state index contributed by atoms with van der Waals surface area (Å²) in [6, 6.07) is 0. The summed E-state index contributed by atoms with van der Waals surface area (Å²) in [5.74, 6) is 0.399. The quantitative estimate of drug-likeness (QED) is 0.541. The summed E-state index contributed by atoms with van der Waals surface area (Å²) in [6.07, 6.45) is 1.97. The van der Waals surface area contributed by atoms with Crippen LogP contribution in [0.25, 0.3) is 0 Å². The van der Waals surface area contributed by atoms with E-state index in [9.17, 15) is 10.1 Å². The number of aromatic nitrogens is 2. The van der Waals surface area contributed by atoms with Crippen LogP contribution >= 0.6 is 0 Å². The van der Waals surface area contributed by atoms with Gasteiger partial charge in [-0.3, -0.25) is 10.1 Å². The average Bonchev–Trinajstić information content (AvgIpc) is 2.80. The summed E-state index contributed by atoms with van der Waals surface area (Å²) in [4.78, 5) is 10.2. The summed E-state index contributed by atoms with van der Waals surface area (Å²) < 4.78 is 1.37. The topological polar surface area (TPSA) is 87.0 Å². The van der Waals surface area contributed by atoms with Crippen LogP contribution in [-0.4, -0.2) is 14.7 Å².